The van der Waals surface area contributed by atoms with Crippen molar-refractivity contribution < 1.29 is 4.79 Å². The third-order valence-electron chi connectivity index (χ3n) is 2.86. The second kappa shape index (κ2) is 4.11. The smallest absolute Gasteiger partial charge is 0.291 e. The molecule has 2 rings (SSSR count). The number of anilines is 1. The lowest BCUT2D eigenvalue weighted by Gasteiger charge is -2.34. The molecule has 0 spiro atoms. The van der Waals surface area contributed by atoms with Crippen molar-refractivity contribution in [2.45, 2.75) is 20.3 Å². The minimum atomic E-state index is -0.109. The lowest BCUT2D eigenvalue weighted by Crippen LogP contribution is -2.43. The maximum Gasteiger partial charge on any atom is 0.291 e. The number of carbonyl (C=O) groups is 1. The van der Waals surface area contributed by atoms with Gasteiger partial charge >= 0.3 is 0 Å². The topological polar surface area (TPSA) is 87.9 Å². The predicted molar refractivity (Wildman–Crippen MR) is 59.6 cm³/mol. The van der Waals surface area contributed by atoms with Crippen molar-refractivity contribution in [2.24, 2.45) is 11.8 Å². The van der Waals surface area contributed by atoms with E-state index < -0.39 is 0 Å². The van der Waals surface area contributed by atoms with E-state index in [4.69, 9.17) is 5.73 Å². The second-order valence-electron chi connectivity index (χ2n) is 4.70. The van der Waals surface area contributed by atoms with Gasteiger partial charge in [0.2, 0.25) is 11.8 Å². The van der Waals surface area contributed by atoms with E-state index in [9.17, 15) is 4.79 Å². The van der Waals surface area contributed by atoms with Gasteiger partial charge in [0, 0.05) is 13.1 Å². The van der Waals surface area contributed by atoms with Crippen LogP contribution in [0.15, 0.2) is 0 Å². The first-order chi connectivity index (χ1) is 7.56. The average molecular weight is 223 g/mol. The van der Waals surface area contributed by atoms with Gasteiger partial charge in [0.25, 0.3) is 5.91 Å². The molecule has 1 aliphatic heterocycles. The van der Waals surface area contributed by atoms with Gasteiger partial charge in [0.05, 0.1) is 0 Å². The SMILES string of the molecule is CC1CC(C)CN(C(=O)c2nc(N)n[nH]2)C1. The Labute approximate surface area is 94.2 Å². The van der Waals surface area contributed by atoms with Gasteiger partial charge in [0.1, 0.15) is 0 Å². The highest BCUT2D eigenvalue weighted by Crippen LogP contribution is 2.21. The predicted octanol–water partition coefficient (Wildman–Crippen LogP) is 0.505. The molecule has 2 heterocycles. The van der Waals surface area contributed by atoms with Gasteiger partial charge in [-0.25, -0.2) is 0 Å². The molecule has 1 saturated heterocycles. The third-order valence-corrected chi connectivity index (χ3v) is 2.86. The second-order valence-corrected chi connectivity index (χ2v) is 4.70. The Morgan fingerprint density at radius 1 is 1.44 bits per heavy atom. The Hall–Kier alpha value is -1.59. The molecule has 1 aromatic heterocycles. The summed E-state index contributed by atoms with van der Waals surface area (Å²) in [6.45, 7) is 5.88. The monoisotopic (exact) mass is 223 g/mol. The molecule has 0 saturated carbocycles. The largest absolute Gasteiger partial charge is 0.366 e. The van der Waals surface area contributed by atoms with Gasteiger partial charge in [-0.05, 0) is 18.3 Å². The molecule has 0 radical (unpaired) electrons. The molecule has 6 nitrogen and oxygen atoms in total. The molecule has 0 aromatic carbocycles. The molecule has 1 amide bonds. The van der Waals surface area contributed by atoms with Gasteiger partial charge in [-0.2, -0.15) is 4.98 Å². The Kier molecular flexibility index (Phi) is 2.80. The molecule has 1 aromatic rings. The fourth-order valence-corrected chi connectivity index (χ4v) is 2.35. The van der Waals surface area contributed by atoms with Crippen LogP contribution in [0.4, 0.5) is 5.95 Å². The number of nitrogens with zero attached hydrogens (tertiary/aromatic N) is 3. The van der Waals surface area contributed by atoms with Crippen molar-refractivity contribution in [1.29, 1.82) is 0 Å². The zero-order chi connectivity index (χ0) is 11.7. The molecule has 2 atom stereocenters. The van der Waals surface area contributed by atoms with Crippen LogP contribution in [0.3, 0.4) is 0 Å². The Morgan fingerprint density at radius 3 is 2.56 bits per heavy atom. The van der Waals surface area contributed by atoms with E-state index >= 15 is 0 Å². The number of rotatable bonds is 1. The van der Waals surface area contributed by atoms with Crippen molar-refractivity contribution in [3.63, 3.8) is 0 Å². The van der Waals surface area contributed by atoms with E-state index in [2.05, 4.69) is 29.0 Å². The van der Waals surface area contributed by atoms with Crippen LogP contribution in [0.25, 0.3) is 0 Å². The Bertz CT molecular complexity index is 378. The van der Waals surface area contributed by atoms with E-state index in [-0.39, 0.29) is 17.7 Å². The van der Waals surface area contributed by atoms with Crippen LogP contribution in [-0.4, -0.2) is 39.1 Å². The number of nitrogen functional groups attached to an aromatic ring is 1. The first-order valence-corrected chi connectivity index (χ1v) is 5.53. The quantitative estimate of drug-likeness (QED) is 0.726. The molecule has 0 aliphatic carbocycles. The van der Waals surface area contributed by atoms with E-state index in [1.807, 2.05) is 4.90 Å². The number of nitrogens with one attached hydrogen (secondary N) is 1. The molecule has 1 fully saturated rings. The van der Waals surface area contributed by atoms with E-state index in [1.165, 1.54) is 6.42 Å². The summed E-state index contributed by atoms with van der Waals surface area (Å²) in [7, 11) is 0. The summed E-state index contributed by atoms with van der Waals surface area (Å²) < 4.78 is 0. The molecule has 88 valence electrons. The first kappa shape index (κ1) is 10.9. The average Bonchev–Trinajstić information content (AvgIpc) is 2.62. The number of carbonyl (C=O) groups excluding carboxylic acids is 1. The summed E-state index contributed by atoms with van der Waals surface area (Å²) in [4.78, 5) is 17.7. The zero-order valence-electron chi connectivity index (χ0n) is 9.60. The molecular formula is C10H17N5O. The summed E-state index contributed by atoms with van der Waals surface area (Å²) in [6, 6.07) is 0. The molecule has 16 heavy (non-hydrogen) atoms. The third kappa shape index (κ3) is 2.15. The summed E-state index contributed by atoms with van der Waals surface area (Å²) in [5.41, 5.74) is 5.38. The number of likely N-dealkylation sites (tertiary alicyclic amines) is 1. The lowest BCUT2D eigenvalue weighted by molar-refractivity contribution is 0.0611. The van der Waals surface area contributed by atoms with Gasteiger partial charge in [-0.15, -0.1) is 5.10 Å². The maximum absolute atomic E-state index is 12.0. The Morgan fingerprint density at radius 2 is 2.06 bits per heavy atom. The number of hydrogen-bond acceptors (Lipinski definition) is 4. The first-order valence-electron chi connectivity index (χ1n) is 5.53. The molecule has 2 unspecified atom stereocenters. The van der Waals surface area contributed by atoms with E-state index in [0.29, 0.717) is 11.8 Å². The van der Waals surface area contributed by atoms with Gasteiger partial charge in [-0.3, -0.25) is 9.89 Å². The number of hydrogen-bond donors (Lipinski definition) is 2. The van der Waals surface area contributed by atoms with Crippen LogP contribution in [0.1, 0.15) is 30.9 Å². The number of nitrogens with two attached hydrogens (primary N) is 1. The summed E-state index contributed by atoms with van der Waals surface area (Å²) in [6.07, 6.45) is 1.17. The van der Waals surface area contributed by atoms with Crippen LogP contribution >= 0.6 is 0 Å². The van der Waals surface area contributed by atoms with E-state index in [0.717, 1.165) is 13.1 Å². The van der Waals surface area contributed by atoms with Crippen LogP contribution < -0.4 is 5.73 Å². The van der Waals surface area contributed by atoms with Crippen molar-refractivity contribution >= 4 is 11.9 Å². The van der Waals surface area contributed by atoms with Crippen LogP contribution in [0.2, 0.25) is 0 Å². The van der Waals surface area contributed by atoms with Gasteiger partial charge in [0.15, 0.2) is 0 Å². The lowest BCUT2D eigenvalue weighted by atomic mass is 9.92. The summed E-state index contributed by atoms with van der Waals surface area (Å²) >= 11 is 0. The fraction of sp³-hybridized carbons (Fsp3) is 0.700. The highest BCUT2D eigenvalue weighted by Gasteiger charge is 2.27. The van der Waals surface area contributed by atoms with Crippen LogP contribution in [-0.2, 0) is 0 Å². The standard InChI is InChI=1S/C10H17N5O/c1-6-3-7(2)5-15(4-6)9(16)8-12-10(11)14-13-8/h6-7H,3-5H2,1-2H3,(H3,11,12,13,14). The van der Waals surface area contributed by atoms with Crippen molar-refractivity contribution in [1.82, 2.24) is 20.1 Å². The highest BCUT2D eigenvalue weighted by atomic mass is 16.2. The molecule has 0 bridgehead atoms. The van der Waals surface area contributed by atoms with Crippen LogP contribution in [0, 0.1) is 11.8 Å². The number of aromatic nitrogens is 3. The molecule has 6 heteroatoms. The highest BCUT2D eigenvalue weighted by molar-refractivity contribution is 5.90. The summed E-state index contributed by atoms with van der Waals surface area (Å²) in [5, 5.41) is 6.22. The summed E-state index contributed by atoms with van der Waals surface area (Å²) in [5.74, 6) is 1.31. The van der Waals surface area contributed by atoms with Gasteiger partial charge in [-0.1, -0.05) is 13.8 Å². The number of amides is 1. The number of aromatic amines is 1. The minimum absolute atomic E-state index is 0.109. The zero-order valence-corrected chi connectivity index (χ0v) is 9.60. The van der Waals surface area contributed by atoms with Crippen molar-refractivity contribution in [3.05, 3.63) is 5.82 Å². The van der Waals surface area contributed by atoms with Crippen molar-refractivity contribution in [3.8, 4) is 0 Å². The maximum atomic E-state index is 12.0. The minimum Gasteiger partial charge on any atom is -0.366 e. The normalized spacial score (nSPS) is 25.8. The molecule has 1 aliphatic rings. The van der Waals surface area contributed by atoms with Crippen molar-refractivity contribution in [2.75, 3.05) is 18.8 Å². The Balaban J connectivity index is 2.09. The number of H-pyrrole nitrogens is 1. The van der Waals surface area contributed by atoms with Crippen LogP contribution in [0.5, 0.6) is 0 Å². The molecule has 3 N–H and O–H groups in total. The number of piperidine rings is 1. The van der Waals surface area contributed by atoms with Gasteiger partial charge < -0.3 is 10.6 Å². The fourth-order valence-electron chi connectivity index (χ4n) is 2.35. The molecular weight excluding hydrogens is 206 g/mol. The van der Waals surface area contributed by atoms with E-state index in [1.54, 1.807) is 0 Å².